The molecular formula is C21H7F15N2O2. The molecule has 19 heteroatoms. The van der Waals surface area contributed by atoms with E-state index in [0.29, 0.717) is 0 Å². The Morgan fingerprint density at radius 3 is 1.10 bits per heavy atom. The molecular weight excluding hydrogens is 597 g/mol. The summed E-state index contributed by atoms with van der Waals surface area (Å²) < 4.78 is 212. The summed E-state index contributed by atoms with van der Waals surface area (Å²) in [5, 5.41) is 0. The van der Waals surface area contributed by atoms with Crippen LogP contribution in [0.15, 0.2) is 18.2 Å². The van der Waals surface area contributed by atoms with Gasteiger partial charge in [-0.15, -0.1) is 0 Å². The van der Waals surface area contributed by atoms with Crippen molar-refractivity contribution in [3.8, 4) is 23.0 Å². The molecule has 218 valence electrons. The van der Waals surface area contributed by atoms with Crippen molar-refractivity contribution in [2.45, 2.75) is 18.5 Å². The molecule has 3 aromatic rings. The van der Waals surface area contributed by atoms with Crippen molar-refractivity contribution in [1.82, 2.24) is 0 Å². The Balaban J connectivity index is 2.22. The molecule has 0 saturated heterocycles. The quantitative estimate of drug-likeness (QED) is 0.232. The first-order valence-electron chi connectivity index (χ1n) is 9.71. The van der Waals surface area contributed by atoms with Crippen LogP contribution in [0.1, 0.15) is 16.7 Å². The summed E-state index contributed by atoms with van der Waals surface area (Å²) in [4.78, 5) is 0. The van der Waals surface area contributed by atoms with Crippen LogP contribution in [0.3, 0.4) is 0 Å². The second kappa shape index (κ2) is 9.77. The molecule has 0 amide bonds. The summed E-state index contributed by atoms with van der Waals surface area (Å²) in [5.74, 6) is -22.2. The van der Waals surface area contributed by atoms with Crippen molar-refractivity contribution in [3.05, 3.63) is 69.8 Å². The highest BCUT2D eigenvalue weighted by Gasteiger charge is 2.43. The van der Waals surface area contributed by atoms with Gasteiger partial charge in [-0.2, -0.15) is 43.9 Å². The van der Waals surface area contributed by atoms with E-state index in [-0.39, 0.29) is 12.1 Å². The Kier molecular flexibility index (Phi) is 7.42. The lowest BCUT2D eigenvalue weighted by molar-refractivity contribution is -0.141. The average Bonchev–Trinajstić information content (AvgIpc) is 2.75. The van der Waals surface area contributed by atoms with Gasteiger partial charge in [0.05, 0.1) is 11.4 Å². The maximum Gasteiger partial charge on any atom is 0.422 e. The fourth-order valence-electron chi connectivity index (χ4n) is 3.20. The number of halogens is 15. The van der Waals surface area contributed by atoms with Gasteiger partial charge in [0, 0.05) is 18.2 Å². The topological polar surface area (TPSA) is 70.5 Å². The number of nitrogens with two attached hydrogens (primary N) is 2. The van der Waals surface area contributed by atoms with Crippen molar-refractivity contribution in [2.75, 3.05) is 11.5 Å². The minimum Gasteiger partial charge on any atom is -0.453 e. The van der Waals surface area contributed by atoms with Crippen molar-refractivity contribution < 1.29 is 75.3 Å². The number of alkyl halides is 9. The Hall–Kier alpha value is -4.19. The van der Waals surface area contributed by atoms with Crippen molar-refractivity contribution in [3.63, 3.8) is 0 Å². The van der Waals surface area contributed by atoms with Gasteiger partial charge in [0.25, 0.3) is 0 Å². The lowest BCUT2D eigenvalue weighted by atomic mass is 10.1. The highest BCUT2D eigenvalue weighted by molar-refractivity contribution is 5.58. The van der Waals surface area contributed by atoms with Crippen LogP contribution in [0.25, 0.3) is 0 Å². The fourth-order valence-corrected chi connectivity index (χ4v) is 3.20. The van der Waals surface area contributed by atoms with E-state index in [0.717, 1.165) is 0 Å². The average molecular weight is 604 g/mol. The summed E-state index contributed by atoms with van der Waals surface area (Å²) in [6, 6.07) is -1.14. The van der Waals surface area contributed by atoms with Gasteiger partial charge in [-0.05, 0) is 0 Å². The van der Waals surface area contributed by atoms with E-state index in [9.17, 15) is 65.9 Å². The van der Waals surface area contributed by atoms with E-state index in [4.69, 9.17) is 11.5 Å². The zero-order valence-corrected chi connectivity index (χ0v) is 18.4. The maximum atomic E-state index is 14.4. The van der Waals surface area contributed by atoms with Crippen LogP contribution in [0.5, 0.6) is 23.0 Å². The monoisotopic (exact) mass is 604 g/mol. The predicted molar refractivity (Wildman–Crippen MR) is 103 cm³/mol. The molecule has 0 bridgehead atoms. The van der Waals surface area contributed by atoms with E-state index in [1.165, 1.54) is 0 Å². The molecule has 0 atom stereocenters. The summed E-state index contributed by atoms with van der Waals surface area (Å²) in [7, 11) is 0. The van der Waals surface area contributed by atoms with E-state index >= 15 is 0 Å². The number of ether oxygens (including phenoxy) is 2. The van der Waals surface area contributed by atoms with E-state index in [1.807, 2.05) is 0 Å². The summed E-state index contributed by atoms with van der Waals surface area (Å²) in [6.07, 6.45) is -17.1. The van der Waals surface area contributed by atoms with Crippen LogP contribution >= 0.6 is 0 Å². The molecule has 4 N–H and O–H groups in total. The molecule has 0 unspecified atom stereocenters. The number of nitrogen functional groups attached to an aromatic ring is 2. The van der Waals surface area contributed by atoms with Crippen LogP contribution in [-0.4, -0.2) is 0 Å². The Morgan fingerprint density at radius 1 is 0.425 bits per heavy atom. The van der Waals surface area contributed by atoms with Gasteiger partial charge in [0.1, 0.15) is 34.1 Å². The Morgan fingerprint density at radius 2 is 0.750 bits per heavy atom. The highest BCUT2D eigenvalue weighted by Crippen LogP contribution is 2.47. The van der Waals surface area contributed by atoms with E-state index in [1.54, 1.807) is 0 Å². The molecule has 0 saturated carbocycles. The van der Waals surface area contributed by atoms with E-state index < -0.39 is 111 Å². The van der Waals surface area contributed by atoms with Gasteiger partial charge in [0.15, 0.2) is 34.7 Å². The molecule has 0 fully saturated rings. The van der Waals surface area contributed by atoms with Crippen LogP contribution in [0.2, 0.25) is 0 Å². The van der Waals surface area contributed by atoms with Gasteiger partial charge in [-0.3, -0.25) is 0 Å². The second-order valence-electron chi connectivity index (χ2n) is 7.49. The first-order chi connectivity index (χ1) is 18.1. The maximum absolute atomic E-state index is 14.4. The molecule has 0 aromatic heterocycles. The zero-order valence-electron chi connectivity index (χ0n) is 18.4. The molecule has 3 rings (SSSR count). The molecule has 0 heterocycles. The molecule has 0 aliphatic carbocycles. The zero-order chi connectivity index (χ0) is 30.7. The highest BCUT2D eigenvalue weighted by atomic mass is 19.4. The van der Waals surface area contributed by atoms with Crippen molar-refractivity contribution in [2.24, 2.45) is 0 Å². The van der Waals surface area contributed by atoms with Gasteiger partial charge in [0.2, 0.25) is 5.82 Å². The normalized spacial score (nSPS) is 12.6. The lowest BCUT2D eigenvalue weighted by Gasteiger charge is -2.19. The van der Waals surface area contributed by atoms with Crippen molar-refractivity contribution >= 4 is 11.4 Å². The standard InChI is InChI=1S/C21H7F15N2O2/c22-4-1-7(14(25)17(37)10(4)19(28,29)30)39-6-3-9(13(24)16(27)12(6)21(34,35)36)40-8-2-5(23)11(20(31,32)33)18(38)15(8)26/h1-3H,37-38H2. The molecule has 0 aliphatic heterocycles. The van der Waals surface area contributed by atoms with Crippen LogP contribution in [0.4, 0.5) is 77.2 Å². The summed E-state index contributed by atoms with van der Waals surface area (Å²) in [5.41, 5.74) is -1.69. The largest absolute Gasteiger partial charge is 0.453 e. The smallest absolute Gasteiger partial charge is 0.422 e. The molecule has 3 aromatic carbocycles. The third-order valence-corrected chi connectivity index (χ3v) is 4.86. The summed E-state index contributed by atoms with van der Waals surface area (Å²) in [6.45, 7) is 0. The molecule has 0 aliphatic rings. The van der Waals surface area contributed by atoms with E-state index in [2.05, 4.69) is 9.47 Å². The molecule has 0 spiro atoms. The predicted octanol–water partition coefficient (Wildman–Crippen LogP) is 8.33. The van der Waals surface area contributed by atoms with Gasteiger partial charge in [-0.1, -0.05) is 0 Å². The van der Waals surface area contributed by atoms with Gasteiger partial charge >= 0.3 is 18.5 Å². The number of benzene rings is 3. The lowest BCUT2D eigenvalue weighted by Crippen LogP contribution is -2.15. The summed E-state index contributed by atoms with van der Waals surface area (Å²) >= 11 is 0. The van der Waals surface area contributed by atoms with Gasteiger partial charge in [-0.25, -0.2) is 22.0 Å². The van der Waals surface area contributed by atoms with Crippen LogP contribution in [0, 0.1) is 34.9 Å². The SMILES string of the molecule is Nc1c(F)c(Oc2cc(Oc3cc(F)c(C(F)(F)F)c(N)c3F)c(C(F)(F)F)c(F)c2F)cc(F)c1C(F)(F)F. The molecule has 40 heavy (non-hydrogen) atoms. The minimum absolute atomic E-state index is 0.322. The third-order valence-electron chi connectivity index (χ3n) is 4.86. The van der Waals surface area contributed by atoms with Crippen LogP contribution in [-0.2, 0) is 18.5 Å². The molecule has 4 nitrogen and oxygen atoms in total. The minimum atomic E-state index is -5.92. The Labute approximate surface area is 210 Å². The molecule has 0 radical (unpaired) electrons. The fraction of sp³-hybridized carbons (Fsp3) is 0.143. The van der Waals surface area contributed by atoms with Gasteiger partial charge < -0.3 is 20.9 Å². The first-order valence-corrected chi connectivity index (χ1v) is 9.71. The first kappa shape index (κ1) is 30.4. The van der Waals surface area contributed by atoms with Crippen molar-refractivity contribution in [1.29, 1.82) is 0 Å². The Bertz CT molecular complexity index is 1490. The number of anilines is 2. The number of hydrogen-bond donors (Lipinski definition) is 2. The van der Waals surface area contributed by atoms with Crippen LogP contribution < -0.4 is 20.9 Å². The third kappa shape index (κ3) is 5.44. The second-order valence-corrected chi connectivity index (χ2v) is 7.49. The number of hydrogen-bond acceptors (Lipinski definition) is 4. The number of rotatable bonds is 4.